The molecule has 2 aromatic heterocycles. The van der Waals surface area contributed by atoms with Gasteiger partial charge in [-0.1, -0.05) is 13.3 Å². The first-order chi connectivity index (χ1) is 8.81. The molecule has 0 aliphatic carbocycles. The molecule has 0 atom stereocenters. The van der Waals surface area contributed by atoms with Gasteiger partial charge in [-0.15, -0.1) is 0 Å². The van der Waals surface area contributed by atoms with E-state index in [1.165, 1.54) is 24.0 Å². The van der Waals surface area contributed by atoms with Crippen molar-refractivity contribution in [3.63, 3.8) is 0 Å². The van der Waals surface area contributed by atoms with Crippen molar-refractivity contribution in [2.24, 2.45) is 0 Å². The van der Waals surface area contributed by atoms with Crippen LogP contribution in [0.1, 0.15) is 30.9 Å². The molecule has 0 saturated carbocycles. The molecule has 2 heterocycles. The minimum Gasteiger partial charge on any atom is -0.352 e. The van der Waals surface area contributed by atoms with Gasteiger partial charge in [0.2, 0.25) is 5.95 Å². The predicted octanol–water partition coefficient (Wildman–Crippen LogP) is 3.00. The maximum Gasteiger partial charge on any atom is 0.203 e. The topological polar surface area (TPSA) is 42.7 Å². The van der Waals surface area contributed by atoms with Gasteiger partial charge in [-0.25, -0.2) is 4.98 Å². The lowest BCUT2D eigenvalue weighted by Crippen LogP contribution is -2.08. The van der Waals surface area contributed by atoms with E-state index in [1.807, 2.05) is 30.9 Å². The van der Waals surface area contributed by atoms with Crippen LogP contribution in [0.3, 0.4) is 0 Å². The van der Waals surface area contributed by atoms with Gasteiger partial charge < -0.3 is 9.88 Å². The number of nitrogens with one attached hydrogen (secondary N) is 1. The maximum absolute atomic E-state index is 4.35. The van der Waals surface area contributed by atoms with E-state index in [-0.39, 0.29) is 0 Å². The van der Waals surface area contributed by atoms with Gasteiger partial charge in [0, 0.05) is 37.9 Å². The first-order valence-electron chi connectivity index (χ1n) is 6.45. The standard InChI is InChI=1S/C14H20N4/c1-3-4-8-18-9-7-16-14(18)17-11-13-10-15-6-5-12(13)2/h5-7,9-10H,3-4,8,11H2,1-2H3,(H,16,17). The van der Waals surface area contributed by atoms with E-state index in [1.54, 1.807) is 0 Å². The van der Waals surface area contributed by atoms with Crippen LogP contribution in [0, 0.1) is 6.92 Å². The number of anilines is 1. The zero-order valence-electron chi connectivity index (χ0n) is 11.1. The normalized spacial score (nSPS) is 10.6. The van der Waals surface area contributed by atoms with E-state index < -0.39 is 0 Å². The molecule has 4 heteroatoms. The van der Waals surface area contributed by atoms with Crippen LogP contribution in [-0.2, 0) is 13.1 Å². The van der Waals surface area contributed by atoms with E-state index >= 15 is 0 Å². The predicted molar refractivity (Wildman–Crippen MR) is 73.4 cm³/mol. The fourth-order valence-corrected chi connectivity index (χ4v) is 1.84. The Bertz CT molecular complexity index is 490. The summed E-state index contributed by atoms with van der Waals surface area (Å²) in [5.74, 6) is 0.937. The van der Waals surface area contributed by atoms with E-state index in [2.05, 4.69) is 33.7 Å². The molecular weight excluding hydrogens is 224 g/mol. The van der Waals surface area contributed by atoms with Crippen LogP contribution in [0.4, 0.5) is 5.95 Å². The summed E-state index contributed by atoms with van der Waals surface area (Å²) in [6, 6.07) is 2.03. The second-order valence-corrected chi connectivity index (χ2v) is 4.45. The summed E-state index contributed by atoms with van der Waals surface area (Å²) in [5.41, 5.74) is 2.46. The third-order valence-corrected chi connectivity index (χ3v) is 3.05. The summed E-state index contributed by atoms with van der Waals surface area (Å²) in [6.45, 7) is 6.08. The van der Waals surface area contributed by atoms with Crippen molar-refractivity contribution in [1.29, 1.82) is 0 Å². The molecule has 0 bridgehead atoms. The molecule has 0 aliphatic heterocycles. The van der Waals surface area contributed by atoms with Crippen molar-refractivity contribution >= 4 is 5.95 Å². The molecule has 18 heavy (non-hydrogen) atoms. The van der Waals surface area contributed by atoms with Gasteiger partial charge in [0.15, 0.2) is 0 Å². The lowest BCUT2D eigenvalue weighted by Gasteiger charge is -2.10. The molecule has 1 N–H and O–H groups in total. The SMILES string of the molecule is CCCCn1ccnc1NCc1cnccc1C. The molecule has 0 unspecified atom stereocenters. The molecular formula is C14H20N4. The Morgan fingerprint density at radius 1 is 1.33 bits per heavy atom. The van der Waals surface area contributed by atoms with Gasteiger partial charge >= 0.3 is 0 Å². The Hall–Kier alpha value is -1.84. The molecule has 4 nitrogen and oxygen atoms in total. The minimum atomic E-state index is 0.767. The van der Waals surface area contributed by atoms with Gasteiger partial charge in [-0.3, -0.25) is 4.98 Å². The average molecular weight is 244 g/mol. The lowest BCUT2D eigenvalue weighted by atomic mass is 10.2. The molecule has 0 radical (unpaired) electrons. The van der Waals surface area contributed by atoms with Gasteiger partial charge in [0.1, 0.15) is 0 Å². The highest BCUT2D eigenvalue weighted by Gasteiger charge is 2.03. The second kappa shape index (κ2) is 6.19. The van der Waals surface area contributed by atoms with Crippen LogP contribution in [-0.4, -0.2) is 14.5 Å². The fourth-order valence-electron chi connectivity index (χ4n) is 1.84. The number of imidazole rings is 1. The molecule has 0 amide bonds. The summed E-state index contributed by atoms with van der Waals surface area (Å²) in [5, 5.41) is 3.37. The Morgan fingerprint density at radius 2 is 2.22 bits per heavy atom. The van der Waals surface area contributed by atoms with Crippen molar-refractivity contribution in [2.45, 2.75) is 39.8 Å². The monoisotopic (exact) mass is 244 g/mol. The highest BCUT2D eigenvalue weighted by Crippen LogP contribution is 2.10. The molecule has 0 saturated heterocycles. The molecule has 2 aromatic rings. The number of unbranched alkanes of at least 4 members (excludes halogenated alkanes) is 1. The van der Waals surface area contributed by atoms with Crippen LogP contribution in [0.2, 0.25) is 0 Å². The summed E-state index contributed by atoms with van der Waals surface area (Å²) >= 11 is 0. The highest BCUT2D eigenvalue weighted by molar-refractivity contribution is 5.30. The fraction of sp³-hybridized carbons (Fsp3) is 0.429. The molecule has 0 fully saturated rings. The molecule has 0 spiro atoms. The van der Waals surface area contributed by atoms with Crippen LogP contribution in [0.15, 0.2) is 30.9 Å². The van der Waals surface area contributed by atoms with Gasteiger partial charge in [0.25, 0.3) is 0 Å². The Kier molecular flexibility index (Phi) is 4.34. The third kappa shape index (κ3) is 3.09. The Morgan fingerprint density at radius 3 is 3.00 bits per heavy atom. The highest BCUT2D eigenvalue weighted by atomic mass is 15.2. The summed E-state index contributed by atoms with van der Waals surface area (Å²) in [4.78, 5) is 8.50. The number of rotatable bonds is 6. The average Bonchev–Trinajstić information content (AvgIpc) is 2.83. The first kappa shape index (κ1) is 12.6. The van der Waals surface area contributed by atoms with E-state index in [9.17, 15) is 0 Å². The largest absolute Gasteiger partial charge is 0.352 e. The smallest absolute Gasteiger partial charge is 0.203 e. The maximum atomic E-state index is 4.35. The van der Waals surface area contributed by atoms with Crippen molar-refractivity contribution < 1.29 is 0 Å². The summed E-state index contributed by atoms with van der Waals surface area (Å²) in [6.07, 6.45) is 9.96. The summed E-state index contributed by atoms with van der Waals surface area (Å²) in [7, 11) is 0. The number of hydrogen-bond donors (Lipinski definition) is 1. The zero-order valence-corrected chi connectivity index (χ0v) is 11.1. The molecule has 2 rings (SSSR count). The van der Waals surface area contributed by atoms with Crippen LogP contribution >= 0.6 is 0 Å². The van der Waals surface area contributed by atoms with Crippen molar-refractivity contribution in [3.05, 3.63) is 42.0 Å². The molecule has 0 aromatic carbocycles. The zero-order chi connectivity index (χ0) is 12.8. The quantitative estimate of drug-likeness (QED) is 0.849. The Labute approximate surface area is 108 Å². The number of pyridine rings is 1. The minimum absolute atomic E-state index is 0.767. The van der Waals surface area contributed by atoms with Crippen LogP contribution < -0.4 is 5.32 Å². The number of aryl methyl sites for hydroxylation is 2. The van der Waals surface area contributed by atoms with Crippen LogP contribution in [0.25, 0.3) is 0 Å². The van der Waals surface area contributed by atoms with E-state index in [4.69, 9.17) is 0 Å². The number of hydrogen-bond acceptors (Lipinski definition) is 3. The van der Waals surface area contributed by atoms with Crippen molar-refractivity contribution in [2.75, 3.05) is 5.32 Å². The number of aromatic nitrogens is 3. The third-order valence-electron chi connectivity index (χ3n) is 3.05. The van der Waals surface area contributed by atoms with Crippen molar-refractivity contribution in [3.8, 4) is 0 Å². The first-order valence-corrected chi connectivity index (χ1v) is 6.45. The van der Waals surface area contributed by atoms with E-state index in [0.29, 0.717) is 0 Å². The van der Waals surface area contributed by atoms with E-state index in [0.717, 1.165) is 19.0 Å². The number of nitrogens with zero attached hydrogens (tertiary/aromatic N) is 3. The van der Waals surface area contributed by atoms with Crippen molar-refractivity contribution in [1.82, 2.24) is 14.5 Å². The Balaban J connectivity index is 1.98. The second-order valence-electron chi connectivity index (χ2n) is 4.45. The van der Waals surface area contributed by atoms with Crippen LogP contribution in [0.5, 0.6) is 0 Å². The van der Waals surface area contributed by atoms with Gasteiger partial charge in [-0.2, -0.15) is 0 Å². The molecule has 96 valence electrons. The van der Waals surface area contributed by atoms with Gasteiger partial charge in [0.05, 0.1) is 0 Å². The van der Waals surface area contributed by atoms with Gasteiger partial charge in [-0.05, 0) is 30.5 Å². The molecule has 0 aliphatic rings. The lowest BCUT2D eigenvalue weighted by molar-refractivity contribution is 0.635. The summed E-state index contributed by atoms with van der Waals surface area (Å²) < 4.78 is 2.16.